The van der Waals surface area contributed by atoms with Crippen LogP contribution in [0.3, 0.4) is 0 Å². The summed E-state index contributed by atoms with van der Waals surface area (Å²) in [5, 5.41) is 20.0. The molecule has 25 heavy (non-hydrogen) atoms. The van der Waals surface area contributed by atoms with E-state index in [-0.39, 0.29) is 12.6 Å². The van der Waals surface area contributed by atoms with Gasteiger partial charge < -0.3 is 20.6 Å². The number of aromatic nitrogens is 2. The zero-order valence-corrected chi connectivity index (χ0v) is 15.1. The van der Waals surface area contributed by atoms with Gasteiger partial charge in [-0.15, -0.1) is 0 Å². The first-order valence-electron chi connectivity index (χ1n) is 8.38. The molecule has 0 fully saturated rings. The largest absolute Gasteiger partial charge is 0.383 e. The van der Waals surface area contributed by atoms with E-state index in [0.717, 1.165) is 18.7 Å². The van der Waals surface area contributed by atoms with E-state index in [0.29, 0.717) is 12.1 Å². The van der Waals surface area contributed by atoms with Crippen molar-refractivity contribution in [2.75, 3.05) is 31.6 Å². The molecule has 0 spiro atoms. The van der Waals surface area contributed by atoms with Crippen molar-refractivity contribution >= 4 is 11.7 Å². The third kappa shape index (κ3) is 5.79. The Hall–Kier alpha value is -2.54. The molecule has 0 saturated carbocycles. The van der Waals surface area contributed by atoms with Gasteiger partial charge in [-0.05, 0) is 25.5 Å². The predicted molar refractivity (Wildman–Crippen MR) is 98.5 cm³/mol. The van der Waals surface area contributed by atoms with Crippen LogP contribution in [0.1, 0.15) is 18.9 Å². The van der Waals surface area contributed by atoms with Gasteiger partial charge in [0.15, 0.2) is 0 Å². The first kappa shape index (κ1) is 18.8. The van der Waals surface area contributed by atoms with Crippen LogP contribution in [0.4, 0.5) is 10.5 Å². The monoisotopic (exact) mass is 345 g/mol. The molecule has 0 bridgehead atoms. The molecular weight excluding hydrogens is 318 g/mol. The summed E-state index contributed by atoms with van der Waals surface area (Å²) in [6.45, 7) is 3.18. The highest BCUT2D eigenvalue weighted by molar-refractivity contribution is 5.73. The van der Waals surface area contributed by atoms with E-state index in [2.05, 4.69) is 32.8 Å². The maximum Gasteiger partial charge on any atom is 0.314 e. The molecule has 0 aliphatic heterocycles. The van der Waals surface area contributed by atoms with E-state index >= 15 is 0 Å². The molecule has 2 rings (SSSR count). The molecule has 1 heterocycles. The molecule has 0 aliphatic carbocycles. The number of rotatable bonds is 8. The summed E-state index contributed by atoms with van der Waals surface area (Å²) in [4.78, 5) is 14.0. The van der Waals surface area contributed by atoms with E-state index in [9.17, 15) is 9.90 Å². The van der Waals surface area contributed by atoms with Gasteiger partial charge in [0, 0.05) is 44.6 Å². The summed E-state index contributed by atoms with van der Waals surface area (Å²) in [6, 6.07) is 9.83. The molecule has 0 radical (unpaired) electrons. The van der Waals surface area contributed by atoms with Crippen molar-refractivity contribution in [3.63, 3.8) is 0 Å². The number of aryl methyl sites for hydroxylation is 1. The number of carbonyl (C=O) groups excluding carboxylic acids is 1. The van der Waals surface area contributed by atoms with Gasteiger partial charge in [0.25, 0.3) is 0 Å². The average Bonchev–Trinajstić information content (AvgIpc) is 3.05. The van der Waals surface area contributed by atoms with Crippen LogP contribution >= 0.6 is 0 Å². The minimum absolute atomic E-state index is 0.119. The minimum atomic E-state index is -1.15. The average molecular weight is 345 g/mol. The Bertz CT molecular complexity index is 669. The summed E-state index contributed by atoms with van der Waals surface area (Å²) in [5.41, 5.74) is 0.665. The normalized spacial score (nSPS) is 13.1. The van der Waals surface area contributed by atoms with E-state index in [4.69, 9.17) is 0 Å². The number of carbonyl (C=O) groups is 1. The second-order valence-electron chi connectivity index (χ2n) is 6.40. The molecule has 7 heteroatoms. The number of para-hydroxylation sites is 1. The van der Waals surface area contributed by atoms with Crippen LogP contribution in [0.15, 0.2) is 42.7 Å². The molecule has 7 nitrogen and oxygen atoms in total. The molecule has 3 N–H and O–H groups in total. The van der Waals surface area contributed by atoms with Crippen molar-refractivity contribution in [3.05, 3.63) is 48.3 Å². The summed E-state index contributed by atoms with van der Waals surface area (Å²) >= 11 is 0. The van der Waals surface area contributed by atoms with Crippen molar-refractivity contribution in [2.45, 2.75) is 18.9 Å². The van der Waals surface area contributed by atoms with Crippen molar-refractivity contribution in [1.82, 2.24) is 20.4 Å². The molecule has 0 aliphatic rings. The zero-order valence-electron chi connectivity index (χ0n) is 15.1. The number of hydrogen-bond acceptors (Lipinski definition) is 4. The molecule has 1 aromatic carbocycles. The predicted octanol–water partition coefficient (Wildman–Crippen LogP) is 1.45. The molecule has 0 unspecified atom stereocenters. The Morgan fingerprint density at radius 1 is 1.32 bits per heavy atom. The smallest absolute Gasteiger partial charge is 0.314 e. The minimum Gasteiger partial charge on any atom is -0.383 e. The summed E-state index contributed by atoms with van der Waals surface area (Å²) < 4.78 is 1.62. The Kier molecular flexibility index (Phi) is 6.41. The summed E-state index contributed by atoms with van der Waals surface area (Å²) in [7, 11) is 3.81. The first-order chi connectivity index (χ1) is 11.9. The van der Waals surface area contributed by atoms with Gasteiger partial charge in [0.2, 0.25) is 0 Å². The molecule has 1 atom stereocenters. The lowest BCUT2D eigenvalue weighted by Gasteiger charge is -2.22. The van der Waals surface area contributed by atoms with Crippen LogP contribution in [0.25, 0.3) is 0 Å². The van der Waals surface area contributed by atoms with E-state index in [1.165, 1.54) is 0 Å². The molecule has 136 valence electrons. The SMILES string of the molecule is CN(CCCNC(=O)NC[C@](C)(O)c1cnn(C)c1)c1ccccc1. The van der Waals surface area contributed by atoms with E-state index < -0.39 is 5.60 Å². The van der Waals surface area contributed by atoms with Crippen LogP contribution in [0, 0.1) is 0 Å². The van der Waals surface area contributed by atoms with Gasteiger partial charge in [-0.1, -0.05) is 18.2 Å². The lowest BCUT2D eigenvalue weighted by Crippen LogP contribution is -2.43. The standard InChI is InChI=1S/C18H27N5O2/c1-18(25,15-12-21-23(3)13-15)14-20-17(24)19-10-7-11-22(2)16-8-5-4-6-9-16/h4-6,8-9,12-13,25H,7,10-11,14H2,1-3H3,(H2,19,20,24)/t18-/m0/s1. The molecule has 2 aromatic rings. The van der Waals surface area contributed by atoms with Crippen LogP contribution < -0.4 is 15.5 Å². The number of anilines is 1. The zero-order chi connectivity index (χ0) is 18.3. The Morgan fingerprint density at radius 3 is 2.68 bits per heavy atom. The number of amides is 2. The van der Waals surface area contributed by atoms with Crippen molar-refractivity contribution < 1.29 is 9.90 Å². The number of benzene rings is 1. The van der Waals surface area contributed by atoms with Gasteiger partial charge >= 0.3 is 6.03 Å². The molecule has 1 aromatic heterocycles. The highest BCUT2D eigenvalue weighted by atomic mass is 16.3. The van der Waals surface area contributed by atoms with Gasteiger partial charge in [-0.25, -0.2) is 4.79 Å². The third-order valence-electron chi connectivity index (χ3n) is 4.07. The van der Waals surface area contributed by atoms with Crippen LogP contribution in [-0.2, 0) is 12.6 Å². The van der Waals surface area contributed by atoms with Gasteiger partial charge in [0.1, 0.15) is 5.60 Å². The molecular formula is C18H27N5O2. The molecule has 0 saturated heterocycles. The van der Waals surface area contributed by atoms with Crippen LogP contribution in [0.5, 0.6) is 0 Å². The third-order valence-corrected chi connectivity index (χ3v) is 4.07. The second-order valence-corrected chi connectivity index (χ2v) is 6.40. The van der Waals surface area contributed by atoms with Crippen molar-refractivity contribution in [1.29, 1.82) is 0 Å². The Labute approximate surface area is 148 Å². The fourth-order valence-electron chi connectivity index (χ4n) is 2.45. The van der Waals surface area contributed by atoms with Crippen LogP contribution in [0.2, 0.25) is 0 Å². The van der Waals surface area contributed by atoms with Crippen molar-refractivity contribution in [3.8, 4) is 0 Å². The first-order valence-corrected chi connectivity index (χ1v) is 8.38. The summed E-state index contributed by atoms with van der Waals surface area (Å²) in [6.07, 6.45) is 4.16. The van der Waals surface area contributed by atoms with E-state index in [1.54, 1.807) is 31.0 Å². The maximum atomic E-state index is 11.9. The number of urea groups is 1. The number of hydrogen-bond donors (Lipinski definition) is 3. The van der Waals surface area contributed by atoms with Crippen LogP contribution in [-0.4, -0.2) is 47.6 Å². The lowest BCUT2D eigenvalue weighted by atomic mass is 10.00. The Morgan fingerprint density at radius 2 is 2.04 bits per heavy atom. The number of nitrogens with one attached hydrogen (secondary N) is 2. The van der Waals surface area contributed by atoms with E-state index in [1.807, 2.05) is 25.2 Å². The van der Waals surface area contributed by atoms with Gasteiger partial charge in [-0.2, -0.15) is 5.10 Å². The lowest BCUT2D eigenvalue weighted by molar-refractivity contribution is 0.0593. The highest BCUT2D eigenvalue weighted by Crippen LogP contribution is 2.18. The van der Waals surface area contributed by atoms with Crippen molar-refractivity contribution in [2.24, 2.45) is 7.05 Å². The summed E-state index contributed by atoms with van der Waals surface area (Å²) in [5.74, 6) is 0. The fourth-order valence-corrected chi connectivity index (χ4v) is 2.45. The fraction of sp³-hybridized carbons (Fsp3) is 0.444. The molecule has 2 amide bonds. The Balaban J connectivity index is 1.65. The quantitative estimate of drug-likeness (QED) is 0.633. The number of nitrogens with zero attached hydrogens (tertiary/aromatic N) is 3. The van der Waals surface area contributed by atoms with Gasteiger partial charge in [-0.3, -0.25) is 4.68 Å². The maximum absolute atomic E-state index is 11.9. The van der Waals surface area contributed by atoms with Gasteiger partial charge in [0.05, 0.1) is 12.7 Å². The topological polar surface area (TPSA) is 82.4 Å². The number of aliphatic hydroxyl groups is 1. The highest BCUT2D eigenvalue weighted by Gasteiger charge is 2.25. The second kappa shape index (κ2) is 8.53.